The van der Waals surface area contributed by atoms with E-state index < -0.39 is 5.54 Å². The molecule has 0 aromatic heterocycles. The summed E-state index contributed by atoms with van der Waals surface area (Å²) >= 11 is 1.62. The van der Waals surface area contributed by atoms with Crippen molar-refractivity contribution in [3.05, 3.63) is 53.6 Å². The number of thioether (sulfide) groups is 1. The van der Waals surface area contributed by atoms with Gasteiger partial charge in [0, 0.05) is 17.2 Å². The number of ether oxygens (including phenoxy) is 2. The van der Waals surface area contributed by atoms with E-state index in [0.717, 1.165) is 4.90 Å². The summed E-state index contributed by atoms with van der Waals surface area (Å²) in [5.41, 5.74) is 0.777. The Labute approximate surface area is 168 Å². The van der Waals surface area contributed by atoms with Crippen LogP contribution in [0, 0.1) is 6.92 Å². The Hall–Kier alpha value is -2.67. The van der Waals surface area contributed by atoms with Crippen molar-refractivity contribution in [3.63, 3.8) is 0 Å². The molecule has 1 unspecified atom stereocenters. The van der Waals surface area contributed by atoms with E-state index in [-0.39, 0.29) is 11.9 Å². The number of amides is 3. The summed E-state index contributed by atoms with van der Waals surface area (Å²) in [6, 6.07) is 13.2. The van der Waals surface area contributed by atoms with Gasteiger partial charge in [-0.25, -0.2) is 4.79 Å². The van der Waals surface area contributed by atoms with E-state index in [4.69, 9.17) is 9.47 Å². The standard InChI is InChI=1S/C21H22N2O4S/c1-14-3-6-16(7-4-14)28-12-9-23-19(24)21(2,22-20(23)25)15-5-8-17-18(13-15)27-11-10-26-17/h3-8,13H,9-12H2,1-2H3,(H,22,25). The van der Waals surface area contributed by atoms with Gasteiger partial charge in [-0.2, -0.15) is 0 Å². The molecule has 0 saturated carbocycles. The molecule has 1 fully saturated rings. The lowest BCUT2D eigenvalue weighted by molar-refractivity contribution is -0.130. The van der Waals surface area contributed by atoms with Crippen LogP contribution in [0.15, 0.2) is 47.4 Å². The minimum atomic E-state index is -1.11. The second kappa shape index (κ2) is 7.39. The molecule has 2 aromatic rings. The van der Waals surface area contributed by atoms with Crippen LogP contribution in [0.25, 0.3) is 0 Å². The maximum atomic E-state index is 13.1. The van der Waals surface area contributed by atoms with E-state index in [1.807, 2.05) is 19.1 Å². The molecule has 4 rings (SSSR count). The summed E-state index contributed by atoms with van der Waals surface area (Å²) in [5, 5.41) is 2.84. The number of nitrogens with one attached hydrogen (secondary N) is 1. The fourth-order valence-electron chi connectivity index (χ4n) is 3.34. The second-order valence-corrected chi connectivity index (χ2v) is 8.20. The predicted molar refractivity (Wildman–Crippen MR) is 107 cm³/mol. The van der Waals surface area contributed by atoms with Gasteiger partial charge < -0.3 is 14.8 Å². The predicted octanol–water partition coefficient (Wildman–Crippen LogP) is 3.33. The van der Waals surface area contributed by atoms with Gasteiger partial charge >= 0.3 is 6.03 Å². The van der Waals surface area contributed by atoms with Crippen molar-refractivity contribution < 1.29 is 19.1 Å². The van der Waals surface area contributed by atoms with Gasteiger partial charge in [0.15, 0.2) is 11.5 Å². The molecule has 2 aliphatic rings. The zero-order valence-corrected chi connectivity index (χ0v) is 16.7. The molecule has 28 heavy (non-hydrogen) atoms. The van der Waals surface area contributed by atoms with Crippen molar-refractivity contribution in [2.24, 2.45) is 0 Å². The molecule has 1 atom stereocenters. The average molecular weight is 398 g/mol. The van der Waals surface area contributed by atoms with E-state index >= 15 is 0 Å². The average Bonchev–Trinajstić information content (AvgIpc) is 2.93. The molecule has 1 N–H and O–H groups in total. The fourth-order valence-corrected chi connectivity index (χ4v) is 4.18. The first-order chi connectivity index (χ1) is 13.5. The molecule has 2 heterocycles. The number of rotatable bonds is 5. The van der Waals surface area contributed by atoms with Crippen molar-refractivity contribution in [1.82, 2.24) is 10.2 Å². The van der Waals surface area contributed by atoms with Gasteiger partial charge in [0.2, 0.25) is 0 Å². The van der Waals surface area contributed by atoms with Gasteiger partial charge in [0.25, 0.3) is 5.91 Å². The maximum Gasteiger partial charge on any atom is 0.325 e. The third-order valence-corrected chi connectivity index (χ3v) is 5.99. The van der Waals surface area contributed by atoms with Crippen LogP contribution in [0.3, 0.4) is 0 Å². The fraction of sp³-hybridized carbons (Fsp3) is 0.333. The van der Waals surface area contributed by atoms with Crippen LogP contribution in [0.5, 0.6) is 11.5 Å². The van der Waals surface area contributed by atoms with Gasteiger partial charge in [-0.3, -0.25) is 9.69 Å². The smallest absolute Gasteiger partial charge is 0.325 e. The van der Waals surface area contributed by atoms with Gasteiger partial charge in [0.1, 0.15) is 18.8 Å². The number of carbonyl (C=O) groups excluding carboxylic acids is 2. The summed E-state index contributed by atoms with van der Waals surface area (Å²) in [7, 11) is 0. The number of fused-ring (bicyclic) bond motifs is 1. The monoisotopic (exact) mass is 398 g/mol. The van der Waals surface area contributed by atoms with Gasteiger partial charge in [0.05, 0.1) is 0 Å². The Morgan fingerprint density at radius 1 is 1.07 bits per heavy atom. The zero-order chi connectivity index (χ0) is 19.7. The van der Waals surface area contributed by atoms with Crippen molar-refractivity contribution in [2.45, 2.75) is 24.3 Å². The number of benzene rings is 2. The Morgan fingerprint density at radius 2 is 1.79 bits per heavy atom. The first-order valence-corrected chi connectivity index (χ1v) is 10.2. The van der Waals surface area contributed by atoms with Gasteiger partial charge in [-0.05, 0) is 43.7 Å². The molecule has 0 bridgehead atoms. The largest absolute Gasteiger partial charge is 0.486 e. The highest BCUT2D eigenvalue weighted by Gasteiger charge is 2.49. The van der Waals surface area contributed by atoms with E-state index in [9.17, 15) is 9.59 Å². The molecule has 2 aliphatic heterocycles. The summed E-state index contributed by atoms with van der Waals surface area (Å²) < 4.78 is 11.1. The molecular formula is C21H22N2O4S. The van der Waals surface area contributed by atoms with Crippen molar-refractivity contribution in [3.8, 4) is 11.5 Å². The summed E-state index contributed by atoms with van der Waals surface area (Å²) in [6.07, 6.45) is 0. The summed E-state index contributed by atoms with van der Waals surface area (Å²) in [5.74, 6) is 1.64. The molecule has 0 aliphatic carbocycles. The minimum Gasteiger partial charge on any atom is -0.486 e. The Morgan fingerprint density at radius 3 is 2.54 bits per heavy atom. The van der Waals surface area contributed by atoms with Crippen LogP contribution >= 0.6 is 11.8 Å². The number of imide groups is 1. The van der Waals surface area contributed by atoms with Crippen LogP contribution in [0.2, 0.25) is 0 Å². The number of hydrogen-bond acceptors (Lipinski definition) is 5. The topological polar surface area (TPSA) is 67.9 Å². The first kappa shape index (κ1) is 18.7. The SMILES string of the molecule is Cc1ccc(SCCN2C(=O)NC(C)(c3ccc4c(c3)OCCO4)C2=O)cc1. The summed E-state index contributed by atoms with van der Waals surface area (Å²) in [4.78, 5) is 27.9. The molecule has 2 aromatic carbocycles. The number of urea groups is 1. The molecule has 0 radical (unpaired) electrons. The highest BCUT2D eigenvalue weighted by Crippen LogP contribution is 2.37. The van der Waals surface area contributed by atoms with Crippen LogP contribution < -0.4 is 14.8 Å². The normalized spacial score (nSPS) is 21.0. The number of nitrogens with zero attached hydrogens (tertiary/aromatic N) is 1. The van der Waals surface area contributed by atoms with Crippen molar-refractivity contribution in [2.75, 3.05) is 25.5 Å². The maximum absolute atomic E-state index is 13.1. The van der Waals surface area contributed by atoms with E-state index in [1.165, 1.54) is 10.5 Å². The number of hydrogen-bond donors (Lipinski definition) is 1. The quantitative estimate of drug-likeness (QED) is 0.618. The zero-order valence-electron chi connectivity index (χ0n) is 15.9. The van der Waals surface area contributed by atoms with E-state index in [2.05, 4.69) is 17.4 Å². The highest BCUT2D eigenvalue weighted by atomic mass is 32.2. The lowest BCUT2D eigenvalue weighted by Crippen LogP contribution is -2.41. The number of aryl methyl sites for hydroxylation is 1. The van der Waals surface area contributed by atoms with Crippen LogP contribution in [0.1, 0.15) is 18.1 Å². The molecule has 3 amide bonds. The Kier molecular flexibility index (Phi) is 4.93. The van der Waals surface area contributed by atoms with Crippen LogP contribution in [-0.4, -0.2) is 42.3 Å². The molecule has 6 nitrogen and oxygen atoms in total. The van der Waals surface area contributed by atoms with E-state index in [0.29, 0.717) is 42.6 Å². The highest BCUT2D eigenvalue weighted by molar-refractivity contribution is 7.99. The molecule has 146 valence electrons. The Bertz CT molecular complexity index is 915. The van der Waals surface area contributed by atoms with Gasteiger partial charge in [-0.1, -0.05) is 23.8 Å². The van der Waals surface area contributed by atoms with E-state index in [1.54, 1.807) is 36.9 Å². The Balaban J connectivity index is 1.46. The first-order valence-electron chi connectivity index (χ1n) is 9.21. The molecule has 0 spiro atoms. The van der Waals surface area contributed by atoms with Gasteiger partial charge in [-0.15, -0.1) is 11.8 Å². The minimum absolute atomic E-state index is 0.251. The summed E-state index contributed by atoms with van der Waals surface area (Å²) in [6.45, 7) is 5.09. The molecule has 7 heteroatoms. The second-order valence-electron chi connectivity index (χ2n) is 7.03. The molecule has 1 saturated heterocycles. The third kappa shape index (κ3) is 3.42. The lowest BCUT2D eigenvalue weighted by Gasteiger charge is -2.25. The van der Waals surface area contributed by atoms with Crippen molar-refractivity contribution >= 4 is 23.7 Å². The van der Waals surface area contributed by atoms with Crippen LogP contribution in [0.4, 0.5) is 4.79 Å². The van der Waals surface area contributed by atoms with Crippen molar-refractivity contribution in [1.29, 1.82) is 0 Å². The third-order valence-electron chi connectivity index (χ3n) is 5.00. The molecular weight excluding hydrogens is 376 g/mol. The van der Waals surface area contributed by atoms with Crippen LogP contribution in [-0.2, 0) is 10.3 Å². The lowest BCUT2D eigenvalue weighted by atomic mass is 9.91. The number of carbonyl (C=O) groups is 2.